The SMILES string of the molecule is COCC(COC)N(C(=O)C1CCC(C)CC1)c1ccc(Oc2ncc(I)cc2C(F)(F)F)cc1C(=O)OC. The summed E-state index contributed by atoms with van der Waals surface area (Å²) in [5, 5.41) is 0. The molecule has 0 atom stereocenters. The lowest BCUT2D eigenvalue weighted by atomic mass is 9.82. The lowest BCUT2D eigenvalue weighted by Crippen LogP contribution is -2.49. The van der Waals surface area contributed by atoms with Gasteiger partial charge in [0.2, 0.25) is 11.8 Å². The first-order valence-corrected chi connectivity index (χ1v) is 13.5. The normalized spacial score (nSPS) is 17.7. The van der Waals surface area contributed by atoms with Crippen molar-refractivity contribution in [2.24, 2.45) is 11.8 Å². The van der Waals surface area contributed by atoms with Crippen LogP contribution in [0.25, 0.3) is 0 Å². The number of ether oxygens (including phenoxy) is 4. The molecule has 0 unspecified atom stereocenters. The van der Waals surface area contributed by atoms with Gasteiger partial charge in [-0.25, -0.2) is 9.78 Å². The Hall–Kier alpha value is -2.45. The summed E-state index contributed by atoms with van der Waals surface area (Å²) >= 11 is 1.73. The molecule has 1 aromatic carbocycles. The molecule has 1 aliphatic carbocycles. The van der Waals surface area contributed by atoms with Crippen LogP contribution in [-0.2, 0) is 25.2 Å². The minimum absolute atomic E-state index is 0.0520. The van der Waals surface area contributed by atoms with Crippen LogP contribution in [0.3, 0.4) is 0 Å². The fourth-order valence-electron chi connectivity index (χ4n) is 4.67. The molecule has 1 aliphatic rings. The zero-order valence-corrected chi connectivity index (χ0v) is 24.4. The molecule has 0 radical (unpaired) electrons. The second-order valence-electron chi connectivity index (χ2n) is 9.51. The van der Waals surface area contributed by atoms with Gasteiger partial charge in [-0.2, -0.15) is 13.2 Å². The Bertz CT molecular complexity index is 1150. The van der Waals surface area contributed by atoms with Crippen molar-refractivity contribution in [2.75, 3.05) is 39.4 Å². The Morgan fingerprint density at radius 2 is 1.72 bits per heavy atom. The van der Waals surface area contributed by atoms with E-state index in [0.717, 1.165) is 18.9 Å². The van der Waals surface area contributed by atoms with Crippen molar-refractivity contribution < 1.29 is 41.7 Å². The number of benzene rings is 1. The number of nitrogens with zero attached hydrogens (tertiary/aromatic N) is 2. The van der Waals surface area contributed by atoms with Crippen molar-refractivity contribution in [3.05, 3.63) is 45.2 Å². The molecule has 1 aromatic heterocycles. The highest BCUT2D eigenvalue weighted by Crippen LogP contribution is 2.39. The van der Waals surface area contributed by atoms with Crippen molar-refractivity contribution >= 4 is 40.2 Å². The number of esters is 1. The first kappa shape index (κ1) is 31.1. The van der Waals surface area contributed by atoms with E-state index in [9.17, 15) is 22.8 Å². The second-order valence-corrected chi connectivity index (χ2v) is 10.8. The van der Waals surface area contributed by atoms with Gasteiger partial charge < -0.3 is 23.8 Å². The molecule has 1 saturated carbocycles. The number of carbonyl (C=O) groups is 2. The zero-order chi connectivity index (χ0) is 28.7. The van der Waals surface area contributed by atoms with Crippen LogP contribution >= 0.6 is 22.6 Å². The quantitative estimate of drug-likeness (QED) is 0.224. The minimum atomic E-state index is -4.71. The lowest BCUT2D eigenvalue weighted by Gasteiger charge is -2.36. The third kappa shape index (κ3) is 7.82. The molecule has 2 aromatic rings. The Morgan fingerprint density at radius 3 is 2.28 bits per heavy atom. The van der Waals surface area contributed by atoms with E-state index in [1.807, 2.05) is 0 Å². The number of pyridine rings is 1. The molecule has 8 nitrogen and oxygen atoms in total. The molecular formula is C27H32F3IN2O6. The van der Waals surface area contributed by atoms with Gasteiger partial charge in [0.05, 0.1) is 37.6 Å². The number of aromatic nitrogens is 1. The summed E-state index contributed by atoms with van der Waals surface area (Å²) in [6.45, 7) is 2.41. The average molecular weight is 664 g/mol. The van der Waals surface area contributed by atoms with E-state index in [-0.39, 0.29) is 45.6 Å². The molecule has 12 heteroatoms. The number of hydrogen-bond donors (Lipinski definition) is 0. The van der Waals surface area contributed by atoms with E-state index in [0.29, 0.717) is 18.8 Å². The fraction of sp³-hybridized carbons (Fsp3) is 0.519. The molecule has 1 fully saturated rings. The molecule has 0 bridgehead atoms. The topological polar surface area (TPSA) is 87.2 Å². The standard InChI is InChI=1S/C27H32F3IN2O6/c1-16-5-7-17(8-6-16)25(34)33(19(14-36-2)15-37-3)23-10-9-20(12-21(23)26(35)38-4)39-24-22(27(28,29)30)11-18(31)13-32-24/h9-13,16-17,19H,5-8,14-15H2,1-4H3. The highest BCUT2D eigenvalue weighted by Gasteiger charge is 2.37. The van der Waals surface area contributed by atoms with Crippen molar-refractivity contribution in [3.63, 3.8) is 0 Å². The number of halogens is 4. The van der Waals surface area contributed by atoms with E-state index in [2.05, 4.69) is 11.9 Å². The van der Waals surface area contributed by atoms with Gasteiger partial charge in [-0.05, 0) is 78.5 Å². The minimum Gasteiger partial charge on any atom is -0.465 e. The Labute approximate surface area is 239 Å². The van der Waals surface area contributed by atoms with Crippen LogP contribution in [0.15, 0.2) is 30.5 Å². The summed E-state index contributed by atoms with van der Waals surface area (Å²) in [6, 6.07) is 4.45. The molecule has 0 N–H and O–H groups in total. The molecule has 1 amide bonds. The van der Waals surface area contributed by atoms with Crippen molar-refractivity contribution in [1.29, 1.82) is 0 Å². The van der Waals surface area contributed by atoms with Crippen LogP contribution in [0.5, 0.6) is 11.6 Å². The largest absolute Gasteiger partial charge is 0.465 e. The predicted molar refractivity (Wildman–Crippen MR) is 146 cm³/mol. The van der Waals surface area contributed by atoms with E-state index in [1.165, 1.54) is 50.6 Å². The second kappa shape index (κ2) is 13.8. The number of alkyl halides is 3. The van der Waals surface area contributed by atoms with Crippen LogP contribution in [-0.4, -0.2) is 57.4 Å². The van der Waals surface area contributed by atoms with Gasteiger partial charge in [0.1, 0.15) is 11.3 Å². The number of rotatable bonds is 10. The van der Waals surface area contributed by atoms with Crippen LogP contribution in [0.4, 0.5) is 18.9 Å². The maximum absolute atomic E-state index is 13.9. The summed E-state index contributed by atoms with van der Waals surface area (Å²) in [5.74, 6) is -1.44. The molecule has 1 heterocycles. The Morgan fingerprint density at radius 1 is 1.08 bits per heavy atom. The van der Waals surface area contributed by atoms with Gasteiger partial charge in [0, 0.05) is 29.9 Å². The van der Waals surface area contributed by atoms with Gasteiger partial charge in [-0.15, -0.1) is 0 Å². The first-order valence-electron chi connectivity index (χ1n) is 12.4. The highest BCUT2D eigenvalue weighted by atomic mass is 127. The Balaban J connectivity index is 2.08. The molecule has 214 valence electrons. The van der Waals surface area contributed by atoms with Gasteiger partial charge in [-0.3, -0.25) is 4.79 Å². The summed E-state index contributed by atoms with van der Waals surface area (Å²) in [7, 11) is 4.18. The lowest BCUT2D eigenvalue weighted by molar-refractivity contribution is -0.139. The number of carbonyl (C=O) groups excluding carboxylic acids is 2. The summed E-state index contributed by atoms with van der Waals surface area (Å²) in [6.07, 6.45) is -0.238. The van der Waals surface area contributed by atoms with Crippen LogP contribution < -0.4 is 9.64 Å². The molecule has 39 heavy (non-hydrogen) atoms. The Kier molecular flexibility index (Phi) is 11.0. The van der Waals surface area contributed by atoms with Crippen molar-refractivity contribution in [3.8, 4) is 11.6 Å². The van der Waals surface area contributed by atoms with E-state index < -0.39 is 29.6 Å². The van der Waals surface area contributed by atoms with Crippen molar-refractivity contribution in [2.45, 2.75) is 44.8 Å². The number of amides is 1. The smallest absolute Gasteiger partial charge is 0.421 e. The number of anilines is 1. The number of methoxy groups -OCH3 is 3. The van der Waals surface area contributed by atoms with Crippen LogP contribution in [0.1, 0.15) is 48.5 Å². The maximum atomic E-state index is 13.9. The van der Waals surface area contributed by atoms with Crippen LogP contribution in [0.2, 0.25) is 0 Å². The van der Waals surface area contributed by atoms with E-state index >= 15 is 0 Å². The van der Waals surface area contributed by atoms with E-state index in [4.69, 9.17) is 18.9 Å². The monoisotopic (exact) mass is 664 g/mol. The molecule has 0 aliphatic heterocycles. The highest BCUT2D eigenvalue weighted by molar-refractivity contribution is 14.1. The van der Waals surface area contributed by atoms with Gasteiger partial charge >= 0.3 is 12.1 Å². The first-order chi connectivity index (χ1) is 18.5. The zero-order valence-electron chi connectivity index (χ0n) is 22.2. The third-order valence-electron chi connectivity index (χ3n) is 6.66. The molecule has 0 saturated heterocycles. The summed E-state index contributed by atoms with van der Waals surface area (Å²) in [5.41, 5.74) is -0.881. The fourth-order valence-corrected chi connectivity index (χ4v) is 5.12. The maximum Gasteiger partial charge on any atom is 0.421 e. The van der Waals surface area contributed by atoms with Crippen LogP contribution in [0, 0.1) is 15.4 Å². The van der Waals surface area contributed by atoms with E-state index in [1.54, 1.807) is 22.6 Å². The van der Waals surface area contributed by atoms with Gasteiger partial charge in [0.25, 0.3) is 0 Å². The molecule has 0 spiro atoms. The predicted octanol–water partition coefficient (Wildman–Crippen LogP) is 6.10. The molecular weight excluding hydrogens is 632 g/mol. The number of hydrogen-bond acceptors (Lipinski definition) is 7. The van der Waals surface area contributed by atoms with Crippen molar-refractivity contribution in [1.82, 2.24) is 4.98 Å². The van der Waals surface area contributed by atoms with Gasteiger partial charge in [-0.1, -0.05) is 6.92 Å². The summed E-state index contributed by atoms with van der Waals surface area (Å²) in [4.78, 5) is 32.1. The molecule has 3 rings (SSSR count). The van der Waals surface area contributed by atoms with Gasteiger partial charge in [0.15, 0.2) is 0 Å². The average Bonchev–Trinajstić information content (AvgIpc) is 2.90. The third-order valence-corrected chi connectivity index (χ3v) is 7.25. The summed E-state index contributed by atoms with van der Waals surface area (Å²) < 4.78 is 62.4.